The van der Waals surface area contributed by atoms with E-state index >= 15 is 0 Å². The van der Waals surface area contributed by atoms with Crippen molar-refractivity contribution in [3.63, 3.8) is 0 Å². The van der Waals surface area contributed by atoms with Crippen LogP contribution in [0.1, 0.15) is 17.5 Å². The highest BCUT2D eigenvalue weighted by Gasteiger charge is 2.18. The minimum absolute atomic E-state index is 0.0201. The van der Waals surface area contributed by atoms with Gasteiger partial charge in [0.1, 0.15) is 0 Å². The summed E-state index contributed by atoms with van der Waals surface area (Å²) in [5.74, 6) is -0.165. The molecule has 0 spiro atoms. The van der Waals surface area contributed by atoms with Gasteiger partial charge in [0.25, 0.3) is 0 Å². The lowest BCUT2D eigenvalue weighted by molar-refractivity contribution is 0.402. The summed E-state index contributed by atoms with van der Waals surface area (Å²) in [7, 11) is 0. The van der Waals surface area contributed by atoms with Crippen molar-refractivity contribution in [2.75, 3.05) is 0 Å². The van der Waals surface area contributed by atoms with Gasteiger partial charge in [-0.3, -0.25) is 0 Å². The average molecular weight is 238 g/mol. The number of rotatable bonds is 1. The van der Waals surface area contributed by atoms with Gasteiger partial charge >= 0.3 is 0 Å². The molecule has 5 N–H and O–H groups in total. The smallest absolute Gasteiger partial charge is 0.157 e. The number of benzene rings is 1. The Balaban J connectivity index is 2.27. The Morgan fingerprint density at radius 2 is 1.94 bits per heavy atom. The Hall–Kier alpha value is -1.33. The maximum atomic E-state index is 9.42. The standard InChI is InChI=1S/C11H14N2O2S/c12-11(16)8-2-1-6-3-9(14)10(15)4-7(6)5-13-8/h3-4,8,13-15H,1-2,5H2,(H2,12,16). The number of phenols is 2. The van der Waals surface area contributed by atoms with Gasteiger partial charge in [0.2, 0.25) is 0 Å². The van der Waals surface area contributed by atoms with Crippen LogP contribution in [0.2, 0.25) is 0 Å². The van der Waals surface area contributed by atoms with Crippen molar-refractivity contribution in [2.45, 2.75) is 25.4 Å². The zero-order valence-electron chi connectivity index (χ0n) is 8.73. The molecule has 1 aromatic rings. The molecule has 0 fully saturated rings. The maximum absolute atomic E-state index is 9.42. The number of aryl methyl sites for hydroxylation is 1. The first-order valence-corrected chi connectivity index (χ1v) is 5.55. The van der Waals surface area contributed by atoms with Crippen molar-refractivity contribution in [1.29, 1.82) is 0 Å². The van der Waals surface area contributed by atoms with Gasteiger partial charge in [-0.05, 0) is 36.1 Å². The Kier molecular flexibility index (Phi) is 2.98. The number of nitrogens with two attached hydrogens (primary N) is 1. The SMILES string of the molecule is NC(=S)C1CCc2cc(O)c(O)cc2CN1. The van der Waals surface area contributed by atoms with Crippen molar-refractivity contribution in [3.8, 4) is 11.5 Å². The van der Waals surface area contributed by atoms with Gasteiger partial charge in [-0.15, -0.1) is 0 Å². The lowest BCUT2D eigenvalue weighted by Crippen LogP contribution is -2.38. The predicted molar refractivity (Wildman–Crippen MR) is 65.5 cm³/mol. The van der Waals surface area contributed by atoms with Gasteiger partial charge in [0, 0.05) is 6.54 Å². The van der Waals surface area contributed by atoms with Crippen molar-refractivity contribution < 1.29 is 10.2 Å². The fraction of sp³-hybridized carbons (Fsp3) is 0.364. The van der Waals surface area contributed by atoms with Crippen molar-refractivity contribution >= 4 is 17.2 Å². The molecule has 1 aliphatic heterocycles. The van der Waals surface area contributed by atoms with Crippen LogP contribution in [0.5, 0.6) is 11.5 Å². The van der Waals surface area contributed by atoms with Crippen LogP contribution in [-0.4, -0.2) is 21.2 Å². The first-order chi connectivity index (χ1) is 7.58. The summed E-state index contributed by atoms with van der Waals surface area (Å²) in [5, 5.41) is 22.1. The molecule has 1 heterocycles. The summed E-state index contributed by atoms with van der Waals surface area (Å²) < 4.78 is 0. The number of nitrogens with one attached hydrogen (secondary N) is 1. The molecule has 16 heavy (non-hydrogen) atoms. The number of aromatic hydroxyl groups is 2. The Bertz CT molecular complexity index is 401. The van der Waals surface area contributed by atoms with Crippen LogP contribution in [-0.2, 0) is 13.0 Å². The summed E-state index contributed by atoms with van der Waals surface area (Å²) in [6.07, 6.45) is 1.60. The highest BCUT2D eigenvalue weighted by molar-refractivity contribution is 7.80. The summed E-state index contributed by atoms with van der Waals surface area (Å²) >= 11 is 4.95. The molecule has 5 heteroatoms. The van der Waals surface area contributed by atoms with Crippen LogP contribution in [0.3, 0.4) is 0 Å². The number of fused-ring (bicyclic) bond motifs is 1. The average Bonchev–Trinajstić information content (AvgIpc) is 2.41. The van der Waals surface area contributed by atoms with E-state index < -0.39 is 0 Å². The van der Waals surface area contributed by atoms with Gasteiger partial charge in [0.15, 0.2) is 11.5 Å². The second-order valence-electron chi connectivity index (χ2n) is 3.98. The lowest BCUT2D eigenvalue weighted by atomic mass is 10.0. The molecule has 1 aliphatic rings. The molecular weight excluding hydrogens is 224 g/mol. The molecule has 1 atom stereocenters. The van der Waals surface area contributed by atoms with Gasteiger partial charge < -0.3 is 21.3 Å². The van der Waals surface area contributed by atoms with E-state index in [4.69, 9.17) is 18.0 Å². The molecule has 1 unspecified atom stereocenters. The van der Waals surface area contributed by atoms with E-state index in [1.807, 2.05) is 0 Å². The maximum Gasteiger partial charge on any atom is 0.157 e. The molecule has 86 valence electrons. The third-order valence-electron chi connectivity index (χ3n) is 2.88. The molecule has 2 rings (SSSR count). The zero-order chi connectivity index (χ0) is 11.7. The summed E-state index contributed by atoms with van der Waals surface area (Å²) in [5.41, 5.74) is 7.61. The topological polar surface area (TPSA) is 78.5 Å². The van der Waals surface area contributed by atoms with Gasteiger partial charge in [0.05, 0.1) is 11.0 Å². The van der Waals surface area contributed by atoms with Crippen LogP contribution in [0.25, 0.3) is 0 Å². The molecule has 0 aliphatic carbocycles. The first kappa shape index (κ1) is 11.2. The highest BCUT2D eigenvalue weighted by Crippen LogP contribution is 2.30. The van der Waals surface area contributed by atoms with Gasteiger partial charge in [-0.1, -0.05) is 12.2 Å². The monoisotopic (exact) mass is 238 g/mol. The number of phenolic OH excluding ortho intramolecular Hbond substituents is 2. The minimum atomic E-state index is -0.0886. The Labute approximate surface area is 99.1 Å². The van der Waals surface area contributed by atoms with Gasteiger partial charge in [-0.25, -0.2) is 0 Å². The molecule has 0 bridgehead atoms. The van der Waals surface area contributed by atoms with E-state index in [1.54, 1.807) is 12.1 Å². The van der Waals surface area contributed by atoms with Gasteiger partial charge in [-0.2, -0.15) is 0 Å². The normalized spacial score (nSPS) is 19.9. The summed E-state index contributed by atoms with van der Waals surface area (Å²) in [6.45, 7) is 0.602. The fourth-order valence-electron chi connectivity index (χ4n) is 1.94. The molecule has 4 nitrogen and oxygen atoms in total. The van der Waals surface area contributed by atoms with E-state index in [1.165, 1.54) is 0 Å². The second-order valence-corrected chi connectivity index (χ2v) is 4.46. The lowest BCUT2D eigenvalue weighted by Gasteiger charge is -2.12. The Morgan fingerprint density at radius 3 is 2.56 bits per heavy atom. The third kappa shape index (κ3) is 2.10. The number of hydrogen-bond donors (Lipinski definition) is 4. The second kappa shape index (κ2) is 4.27. The molecule has 0 amide bonds. The molecule has 1 aromatic carbocycles. The van der Waals surface area contributed by atoms with Crippen LogP contribution >= 0.6 is 12.2 Å². The van der Waals surface area contributed by atoms with Crippen LogP contribution in [0, 0.1) is 0 Å². The molecule has 0 aromatic heterocycles. The van der Waals surface area contributed by atoms with E-state index in [0.29, 0.717) is 11.5 Å². The molecule has 0 saturated heterocycles. The van der Waals surface area contributed by atoms with E-state index in [-0.39, 0.29) is 17.5 Å². The summed E-state index contributed by atoms with van der Waals surface area (Å²) in [6, 6.07) is 3.21. The summed E-state index contributed by atoms with van der Waals surface area (Å²) in [4.78, 5) is 0.459. The van der Waals surface area contributed by atoms with Crippen molar-refractivity contribution in [1.82, 2.24) is 5.32 Å². The molecule has 0 saturated carbocycles. The van der Waals surface area contributed by atoms with Crippen molar-refractivity contribution in [2.24, 2.45) is 5.73 Å². The van der Waals surface area contributed by atoms with Crippen molar-refractivity contribution in [3.05, 3.63) is 23.3 Å². The fourth-order valence-corrected chi connectivity index (χ4v) is 2.14. The van der Waals surface area contributed by atoms with Crippen LogP contribution in [0.4, 0.5) is 0 Å². The number of hydrogen-bond acceptors (Lipinski definition) is 4. The first-order valence-electron chi connectivity index (χ1n) is 5.14. The minimum Gasteiger partial charge on any atom is -0.504 e. The number of thiocarbonyl (C=S) groups is 1. The Morgan fingerprint density at radius 1 is 1.31 bits per heavy atom. The van der Waals surface area contributed by atoms with E-state index in [9.17, 15) is 10.2 Å². The predicted octanol–water partition coefficient (Wildman–Crippen LogP) is 0.788. The highest BCUT2D eigenvalue weighted by atomic mass is 32.1. The molecular formula is C11H14N2O2S. The molecule has 0 radical (unpaired) electrons. The zero-order valence-corrected chi connectivity index (χ0v) is 9.55. The van der Waals surface area contributed by atoms with Crippen LogP contribution in [0.15, 0.2) is 12.1 Å². The van der Waals surface area contributed by atoms with E-state index in [0.717, 1.165) is 24.0 Å². The third-order valence-corrected chi connectivity index (χ3v) is 3.17. The largest absolute Gasteiger partial charge is 0.504 e. The van der Waals surface area contributed by atoms with Crippen LogP contribution < -0.4 is 11.1 Å². The quantitative estimate of drug-likeness (QED) is 0.430. The van der Waals surface area contributed by atoms with E-state index in [2.05, 4.69) is 5.32 Å².